The molecule has 0 aliphatic carbocycles. The molecule has 1 aliphatic rings. The average molecular weight is 483 g/mol. The highest BCUT2D eigenvalue weighted by Gasteiger charge is 2.33. The summed E-state index contributed by atoms with van der Waals surface area (Å²) < 4.78 is 57.7. The SMILES string of the molecule is CN(C)S(=O)(=O)S(=O)(=O)Nc1ccc(N2CCOCC2)nc1Nc1ccc2n[nH]nc2c1. The summed E-state index contributed by atoms with van der Waals surface area (Å²) in [5, 5.41) is 13.6. The zero-order valence-electron chi connectivity index (χ0n) is 17.3. The molecule has 0 saturated carbocycles. The van der Waals surface area contributed by atoms with Crippen molar-refractivity contribution < 1.29 is 21.6 Å². The highest BCUT2D eigenvalue weighted by atomic mass is 33.2. The van der Waals surface area contributed by atoms with Crippen LogP contribution < -0.4 is 14.9 Å². The lowest BCUT2D eigenvalue weighted by Gasteiger charge is -2.28. The minimum absolute atomic E-state index is 0.0207. The average Bonchev–Trinajstić information content (AvgIpc) is 3.23. The van der Waals surface area contributed by atoms with Gasteiger partial charge in [0.2, 0.25) is 0 Å². The monoisotopic (exact) mass is 482 g/mol. The molecule has 1 aliphatic heterocycles. The van der Waals surface area contributed by atoms with Crippen LogP contribution in [0.25, 0.3) is 11.0 Å². The van der Waals surface area contributed by atoms with Gasteiger partial charge in [-0.25, -0.2) is 4.98 Å². The van der Waals surface area contributed by atoms with Crippen LogP contribution in [0.15, 0.2) is 30.3 Å². The summed E-state index contributed by atoms with van der Waals surface area (Å²) >= 11 is 0. The predicted molar refractivity (Wildman–Crippen MR) is 120 cm³/mol. The predicted octanol–water partition coefficient (Wildman–Crippen LogP) is 0.481. The van der Waals surface area contributed by atoms with Gasteiger partial charge < -0.3 is 15.0 Å². The van der Waals surface area contributed by atoms with E-state index in [1.54, 1.807) is 24.3 Å². The van der Waals surface area contributed by atoms with Gasteiger partial charge in [0.15, 0.2) is 5.82 Å². The van der Waals surface area contributed by atoms with E-state index in [0.717, 1.165) is 14.1 Å². The normalized spacial score (nSPS) is 15.3. The van der Waals surface area contributed by atoms with Crippen molar-refractivity contribution in [2.24, 2.45) is 0 Å². The van der Waals surface area contributed by atoms with E-state index in [9.17, 15) is 16.8 Å². The number of aromatic amines is 1. The van der Waals surface area contributed by atoms with Crippen LogP contribution in [0.5, 0.6) is 0 Å². The Morgan fingerprint density at radius 3 is 2.47 bits per heavy atom. The largest absolute Gasteiger partial charge is 0.378 e. The minimum Gasteiger partial charge on any atom is -0.378 e. The molecule has 0 bridgehead atoms. The summed E-state index contributed by atoms with van der Waals surface area (Å²) in [6.45, 7) is 2.33. The van der Waals surface area contributed by atoms with Gasteiger partial charge in [0.25, 0.3) is 0 Å². The number of pyridine rings is 1. The fraction of sp³-hybridized carbons (Fsp3) is 0.353. The van der Waals surface area contributed by atoms with E-state index in [0.29, 0.717) is 53.1 Å². The Labute approximate surface area is 184 Å². The van der Waals surface area contributed by atoms with E-state index in [2.05, 4.69) is 30.4 Å². The first-order valence-corrected chi connectivity index (χ1v) is 13.0. The van der Waals surface area contributed by atoms with Gasteiger partial charge in [-0.3, -0.25) is 4.72 Å². The number of hydrogen-bond donors (Lipinski definition) is 3. The minimum atomic E-state index is -4.78. The molecule has 0 spiro atoms. The summed E-state index contributed by atoms with van der Waals surface area (Å²) in [6.07, 6.45) is 0. The standard InChI is InChI=1S/C17H22N8O5S2/c1-24(2)32(28,29)31(26,27)22-14-5-6-16(25-7-9-30-10-8-25)19-17(14)18-12-3-4-13-15(11-12)21-23-20-13/h3-6,11,22H,7-10H2,1-2H3,(H,18,19)(H,20,21,23). The Morgan fingerprint density at radius 1 is 1.03 bits per heavy atom. The van der Waals surface area contributed by atoms with Gasteiger partial charge in [0, 0.05) is 32.9 Å². The van der Waals surface area contributed by atoms with Gasteiger partial charge in [-0.2, -0.15) is 36.6 Å². The molecular formula is C17H22N8O5S2. The molecule has 0 radical (unpaired) electrons. The number of hydrogen-bond acceptors (Lipinski definition) is 10. The van der Waals surface area contributed by atoms with E-state index >= 15 is 0 Å². The number of fused-ring (bicyclic) bond motifs is 1. The van der Waals surface area contributed by atoms with E-state index in [1.807, 2.05) is 4.90 Å². The second-order valence-electron chi connectivity index (χ2n) is 7.11. The highest BCUT2D eigenvalue weighted by Crippen LogP contribution is 2.30. The zero-order valence-corrected chi connectivity index (χ0v) is 18.9. The molecular weight excluding hydrogens is 460 g/mol. The van der Waals surface area contributed by atoms with Crippen molar-refractivity contribution in [1.82, 2.24) is 24.7 Å². The second-order valence-corrected chi connectivity index (χ2v) is 12.4. The second kappa shape index (κ2) is 8.50. The third kappa shape index (κ3) is 4.32. The maximum Gasteiger partial charge on any atom is 0.353 e. The molecule has 1 saturated heterocycles. The topological polar surface area (TPSA) is 163 Å². The van der Waals surface area contributed by atoms with Crippen LogP contribution in [-0.2, 0) is 22.8 Å². The molecule has 3 aromatic rings. The Balaban J connectivity index is 1.72. The summed E-state index contributed by atoms with van der Waals surface area (Å²) in [5.41, 5.74) is 1.79. The molecule has 4 rings (SSSR count). The van der Waals surface area contributed by atoms with Crippen LogP contribution in [0.1, 0.15) is 0 Å². The van der Waals surface area contributed by atoms with Gasteiger partial charge in [0.1, 0.15) is 16.9 Å². The first-order valence-electron chi connectivity index (χ1n) is 9.54. The fourth-order valence-corrected chi connectivity index (χ4v) is 5.73. The Morgan fingerprint density at radius 2 is 1.75 bits per heavy atom. The zero-order chi connectivity index (χ0) is 22.9. The van der Waals surface area contributed by atoms with Crippen LogP contribution >= 0.6 is 0 Å². The fourth-order valence-electron chi connectivity index (χ4n) is 3.03. The summed E-state index contributed by atoms with van der Waals surface area (Å²) in [7, 11) is -7.13. The molecule has 13 nitrogen and oxygen atoms in total. The lowest BCUT2D eigenvalue weighted by molar-refractivity contribution is 0.122. The van der Waals surface area contributed by atoms with Crippen molar-refractivity contribution in [2.45, 2.75) is 0 Å². The molecule has 0 amide bonds. The molecule has 172 valence electrons. The molecule has 1 fully saturated rings. The van der Waals surface area contributed by atoms with Crippen molar-refractivity contribution >= 4 is 52.2 Å². The highest BCUT2D eigenvalue weighted by molar-refractivity contribution is 8.66. The van der Waals surface area contributed by atoms with E-state index < -0.39 is 18.1 Å². The Kier molecular flexibility index (Phi) is 5.89. The molecule has 32 heavy (non-hydrogen) atoms. The van der Waals surface area contributed by atoms with Crippen LogP contribution in [0.3, 0.4) is 0 Å². The summed E-state index contributed by atoms with van der Waals surface area (Å²) in [5.74, 6) is 0.728. The van der Waals surface area contributed by atoms with Gasteiger partial charge in [-0.15, -0.1) is 0 Å². The first kappa shape index (κ1) is 22.2. The summed E-state index contributed by atoms with van der Waals surface area (Å²) in [4.78, 5) is 6.54. The third-order valence-electron chi connectivity index (χ3n) is 4.75. The van der Waals surface area contributed by atoms with Crippen molar-refractivity contribution in [3.05, 3.63) is 30.3 Å². The molecule has 3 N–H and O–H groups in total. The Hall–Kier alpha value is -3.01. The molecule has 2 aromatic heterocycles. The third-order valence-corrected chi connectivity index (χ3v) is 9.48. The number of rotatable bonds is 7. The maximum absolute atomic E-state index is 12.5. The van der Waals surface area contributed by atoms with Crippen molar-refractivity contribution in [3.63, 3.8) is 0 Å². The molecule has 3 heterocycles. The molecule has 15 heteroatoms. The van der Waals surface area contributed by atoms with Crippen LogP contribution in [0.2, 0.25) is 0 Å². The lowest BCUT2D eigenvalue weighted by atomic mass is 10.2. The quantitative estimate of drug-likeness (QED) is 0.404. The van der Waals surface area contributed by atoms with Crippen LogP contribution in [-0.4, -0.2) is 81.9 Å². The first-order chi connectivity index (χ1) is 15.2. The van der Waals surface area contributed by atoms with Crippen molar-refractivity contribution in [2.75, 3.05) is 55.3 Å². The van der Waals surface area contributed by atoms with Gasteiger partial charge in [-0.1, -0.05) is 0 Å². The van der Waals surface area contributed by atoms with E-state index in [-0.39, 0.29) is 11.5 Å². The molecule has 0 atom stereocenters. The smallest absolute Gasteiger partial charge is 0.353 e. The van der Waals surface area contributed by atoms with Crippen LogP contribution in [0.4, 0.5) is 23.0 Å². The number of anilines is 4. The lowest BCUT2D eigenvalue weighted by Crippen LogP contribution is -2.37. The molecule has 0 unspecified atom stereocenters. The van der Waals surface area contributed by atoms with E-state index in [4.69, 9.17) is 4.74 Å². The summed E-state index contributed by atoms with van der Waals surface area (Å²) in [6, 6.07) is 8.25. The van der Waals surface area contributed by atoms with Crippen molar-refractivity contribution in [3.8, 4) is 0 Å². The van der Waals surface area contributed by atoms with Gasteiger partial charge in [0.05, 0.1) is 18.9 Å². The van der Waals surface area contributed by atoms with Crippen LogP contribution in [0, 0.1) is 0 Å². The number of benzene rings is 1. The maximum atomic E-state index is 12.5. The number of nitrogens with one attached hydrogen (secondary N) is 3. The number of ether oxygens (including phenoxy) is 1. The number of morpholine rings is 1. The number of H-pyrrole nitrogens is 1. The number of nitrogens with zero attached hydrogens (tertiary/aromatic N) is 5. The number of aromatic nitrogens is 4. The van der Waals surface area contributed by atoms with Gasteiger partial charge >= 0.3 is 18.1 Å². The Bertz CT molecular complexity index is 1330. The van der Waals surface area contributed by atoms with Crippen molar-refractivity contribution in [1.29, 1.82) is 0 Å². The van der Waals surface area contributed by atoms with E-state index in [1.165, 1.54) is 6.07 Å². The van der Waals surface area contributed by atoms with Gasteiger partial charge in [-0.05, 0) is 30.3 Å². The molecule has 1 aromatic carbocycles.